The van der Waals surface area contributed by atoms with E-state index in [0.29, 0.717) is 35.4 Å². The van der Waals surface area contributed by atoms with Gasteiger partial charge in [-0.3, -0.25) is 0 Å². The highest BCUT2D eigenvalue weighted by Crippen LogP contribution is 2.32. The first-order valence-electron chi connectivity index (χ1n) is 7.53. The van der Waals surface area contributed by atoms with Crippen molar-refractivity contribution < 1.29 is 12.9 Å². The highest BCUT2D eigenvalue weighted by Gasteiger charge is 2.40. The summed E-state index contributed by atoms with van der Waals surface area (Å²) in [5, 5.41) is 5.76. The average molecular weight is 361 g/mol. The molecule has 0 amide bonds. The zero-order valence-corrected chi connectivity index (χ0v) is 14.3. The summed E-state index contributed by atoms with van der Waals surface area (Å²) in [6.07, 6.45) is 0.605. The van der Waals surface area contributed by atoms with Gasteiger partial charge in [0.15, 0.2) is 5.82 Å². The van der Waals surface area contributed by atoms with Crippen molar-refractivity contribution in [1.82, 2.24) is 14.4 Å². The Morgan fingerprint density at radius 2 is 1.96 bits per heavy atom. The molecule has 1 fully saturated rings. The third-order valence-corrected chi connectivity index (χ3v) is 7.18. The van der Waals surface area contributed by atoms with Crippen molar-refractivity contribution in [3.63, 3.8) is 0 Å². The minimum Gasteiger partial charge on any atom is -0.339 e. The molecule has 0 atom stereocenters. The lowest BCUT2D eigenvalue weighted by atomic mass is 10.0. The van der Waals surface area contributed by atoms with Crippen molar-refractivity contribution in [1.29, 1.82) is 0 Å². The van der Waals surface area contributed by atoms with Crippen molar-refractivity contribution in [2.24, 2.45) is 0 Å². The van der Waals surface area contributed by atoms with Gasteiger partial charge in [0.05, 0.1) is 5.92 Å². The Morgan fingerprint density at radius 1 is 1.17 bits per heavy atom. The molecule has 8 heteroatoms. The fourth-order valence-electron chi connectivity index (χ4n) is 2.61. The van der Waals surface area contributed by atoms with Crippen molar-refractivity contribution in [2.45, 2.75) is 16.5 Å². The standard InChI is InChI=1S/C16H15N3O3S2/c20-24(21,15-7-4-8-23-15)19-10-13(11-19)16-17-14(18-22-16)9-12-5-2-1-3-6-12/h1-8,13H,9-11H2. The van der Waals surface area contributed by atoms with Gasteiger partial charge in [0.1, 0.15) is 4.21 Å². The molecule has 6 nitrogen and oxygen atoms in total. The molecular weight excluding hydrogens is 346 g/mol. The molecule has 2 aromatic heterocycles. The van der Waals surface area contributed by atoms with Crippen LogP contribution in [0.15, 0.2) is 56.6 Å². The lowest BCUT2D eigenvalue weighted by Gasteiger charge is -2.35. The average Bonchev–Trinajstić information content (AvgIpc) is 3.19. The highest BCUT2D eigenvalue weighted by molar-refractivity contribution is 7.91. The third-order valence-electron chi connectivity index (χ3n) is 3.98. The van der Waals surface area contributed by atoms with Crippen LogP contribution in [0.5, 0.6) is 0 Å². The Labute approximate surface area is 143 Å². The van der Waals surface area contributed by atoms with Crippen LogP contribution in [0.1, 0.15) is 23.2 Å². The Balaban J connectivity index is 1.41. The van der Waals surface area contributed by atoms with E-state index in [0.717, 1.165) is 5.56 Å². The lowest BCUT2D eigenvalue weighted by molar-refractivity contribution is 0.217. The first kappa shape index (κ1) is 15.5. The SMILES string of the molecule is O=S(=O)(c1cccs1)N1CC(c2nc(Cc3ccccc3)no2)C1. The number of nitrogens with zero attached hydrogens (tertiary/aromatic N) is 3. The molecule has 0 radical (unpaired) electrons. The van der Waals surface area contributed by atoms with Crippen molar-refractivity contribution in [3.8, 4) is 0 Å². The largest absolute Gasteiger partial charge is 0.339 e. The molecule has 0 bridgehead atoms. The fourth-order valence-corrected chi connectivity index (χ4v) is 5.29. The Morgan fingerprint density at radius 3 is 2.67 bits per heavy atom. The monoisotopic (exact) mass is 361 g/mol. The molecular formula is C16H15N3O3S2. The molecule has 0 spiro atoms. The third kappa shape index (κ3) is 2.88. The topological polar surface area (TPSA) is 76.3 Å². The van der Waals surface area contributed by atoms with Gasteiger partial charge in [-0.15, -0.1) is 11.3 Å². The second kappa shape index (κ2) is 6.12. The Kier molecular flexibility index (Phi) is 3.95. The van der Waals surface area contributed by atoms with E-state index in [9.17, 15) is 8.42 Å². The first-order chi connectivity index (χ1) is 11.6. The van der Waals surface area contributed by atoms with Gasteiger partial charge in [-0.25, -0.2) is 8.42 Å². The number of hydrogen-bond acceptors (Lipinski definition) is 6. The predicted octanol–water partition coefficient (Wildman–Crippen LogP) is 2.51. The predicted molar refractivity (Wildman–Crippen MR) is 89.4 cm³/mol. The van der Waals surface area contributed by atoms with E-state index in [2.05, 4.69) is 10.1 Å². The number of aromatic nitrogens is 2. The van der Waals surface area contributed by atoms with E-state index in [1.807, 2.05) is 30.3 Å². The molecule has 0 aliphatic carbocycles. The van der Waals surface area contributed by atoms with E-state index in [4.69, 9.17) is 4.52 Å². The smallest absolute Gasteiger partial charge is 0.252 e. The first-order valence-corrected chi connectivity index (χ1v) is 9.85. The lowest BCUT2D eigenvalue weighted by Crippen LogP contribution is -2.48. The van der Waals surface area contributed by atoms with Crippen LogP contribution in [-0.2, 0) is 16.4 Å². The van der Waals surface area contributed by atoms with Crippen LogP contribution in [0.2, 0.25) is 0 Å². The summed E-state index contributed by atoms with van der Waals surface area (Å²) in [7, 11) is -3.38. The van der Waals surface area contributed by atoms with Crippen molar-refractivity contribution in [2.75, 3.05) is 13.1 Å². The normalized spacial score (nSPS) is 16.2. The summed E-state index contributed by atoms with van der Waals surface area (Å²) in [6, 6.07) is 13.3. The molecule has 1 aliphatic heterocycles. The van der Waals surface area contributed by atoms with Gasteiger partial charge >= 0.3 is 0 Å². The highest BCUT2D eigenvalue weighted by atomic mass is 32.2. The minimum absolute atomic E-state index is 0.0308. The maximum atomic E-state index is 12.4. The minimum atomic E-state index is -3.38. The van der Waals surface area contributed by atoms with Gasteiger partial charge in [0.25, 0.3) is 10.0 Å². The van der Waals surface area contributed by atoms with Crippen molar-refractivity contribution >= 4 is 21.4 Å². The fraction of sp³-hybridized carbons (Fsp3) is 0.250. The number of hydrogen-bond donors (Lipinski definition) is 0. The number of thiophene rings is 1. The van der Waals surface area contributed by atoms with Gasteiger partial charge in [0, 0.05) is 19.5 Å². The zero-order valence-electron chi connectivity index (χ0n) is 12.7. The molecule has 1 aromatic carbocycles. The van der Waals surface area contributed by atoms with Gasteiger partial charge in [-0.1, -0.05) is 41.6 Å². The molecule has 24 heavy (non-hydrogen) atoms. The van der Waals surface area contributed by atoms with Crippen LogP contribution < -0.4 is 0 Å². The summed E-state index contributed by atoms with van der Waals surface area (Å²) < 4.78 is 31.9. The maximum absolute atomic E-state index is 12.4. The quantitative estimate of drug-likeness (QED) is 0.698. The van der Waals surface area contributed by atoms with Crippen LogP contribution in [0.4, 0.5) is 0 Å². The summed E-state index contributed by atoms with van der Waals surface area (Å²) in [6.45, 7) is 0.764. The molecule has 3 aromatic rings. The summed E-state index contributed by atoms with van der Waals surface area (Å²) in [4.78, 5) is 4.41. The Hall–Kier alpha value is -2.03. The molecule has 1 saturated heterocycles. The number of sulfonamides is 1. The van der Waals surface area contributed by atoms with Crippen LogP contribution in [-0.4, -0.2) is 36.0 Å². The van der Waals surface area contributed by atoms with E-state index in [1.54, 1.807) is 17.5 Å². The van der Waals surface area contributed by atoms with Gasteiger partial charge in [-0.05, 0) is 17.0 Å². The molecule has 0 N–H and O–H groups in total. The maximum Gasteiger partial charge on any atom is 0.252 e. The van der Waals surface area contributed by atoms with Gasteiger partial charge < -0.3 is 4.52 Å². The van der Waals surface area contributed by atoms with E-state index in [1.165, 1.54) is 15.6 Å². The Bertz CT molecular complexity index is 915. The van der Waals surface area contributed by atoms with E-state index >= 15 is 0 Å². The molecule has 0 saturated carbocycles. The van der Waals surface area contributed by atoms with Crippen LogP contribution in [0.25, 0.3) is 0 Å². The number of benzene rings is 1. The van der Waals surface area contributed by atoms with Crippen molar-refractivity contribution in [3.05, 3.63) is 65.1 Å². The molecule has 0 unspecified atom stereocenters. The number of rotatable bonds is 5. The summed E-state index contributed by atoms with van der Waals surface area (Å²) in [5.74, 6) is 1.10. The van der Waals surface area contributed by atoms with Gasteiger partial charge in [-0.2, -0.15) is 9.29 Å². The molecule has 4 rings (SSSR count). The summed E-state index contributed by atoms with van der Waals surface area (Å²) in [5.41, 5.74) is 1.11. The van der Waals surface area contributed by atoms with E-state index < -0.39 is 10.0 Å². The molecule has 3 heterocycles. The molecule has 1 aliphatic rings. The second-order valence-electron chi connectivity index (χ2n) is 5.66. The zero-order chi connectivity index (χ0) is 16.6. The van der Waals surface area contributed by atoms with E-state index in [-0.39, 0.29) is 5.92 Å². The summed E-state index contributed by atoms with van der Waals surface area (Å²) >= 11 is 1.23. The van der Waals surface area contributed by atoms with Crippen LogP contribution >= 0.6 is 11.3 Å². The second-order valence-corrected chi connectivity index (χ2v) is 8.77. The van der Waals surface area contributed by atoms with Crippen LogP contribution in [0.3, 0.4) is 0 Å². The van der Waals surface area contributed by atoms with Gasteiger partial charge in [0.2, 0.25) is 5.89 Å². The van der Waals surface area contributed by atoms with Crippen LogP contribution in [0, 0.1) is 0 Å². The molecule has 124 valence electrons.